The number of halogens is 1. The molecule has 5 heteroatoms. The van der Waals surface area contributed by atoms with Crippen molar-refractivity contribution in [1.82, 2.24) is 5.32 Å². The van der Waals surface area contributed by atoms with Gasteiger partial charge in [-0.2, -0.15) is 0 Å². The third kappa shape index (κ3) is 5.14. The van der Waals surface area contributed by atoms with Gasteiger partial charge >= 0.3 is 0 Å². The normalized spacial score (nSPS) is 11.8. The first kappa shape index (κ1) is 19.1. The maximum Gasteiger partial charge on any atom is 0.261 e. The van der Waals surface area contributed by atoms with Gasteiger partial charge in [0.05, 0.1) is 6.54 Å². The van der Waals surface area contributed by atoms with Crippen molar-refractivity contribution in [3.05, 3.63) is 71.8 Å². The van der Waals surface area contributed by atoms with Crippen molar-refractivity contribution in [3.63, 3.8) is 0 Å². The van der Waals surface area contributed by atoms with Crippen LogP contribution in [0.5, 0.6) is 11.5 Å². The second-order valence-corrected chi connectivity index (χ2v) is 6.53. The Morgan fingerprint density at radius 2 is 1.85 bits per heavy atom. The summed E-state index contributed by atoms with van der Waals surface area (Å²) >= 11 is 5.96. The zero-order valence-electron chi connectivity index (χ0n) is 15.2. The first-order valence-corrected chi connectivity index (χ1v) is 9.35. The van der Waals surface area contributed by atoms with E-state index in [9.17, 15) is 4.79 Å². The summed E-state index contributed by atoms with van der Waals surface area (Å²) in [6.45, 7) is 2.69. The molecule has 0 heterocycles. The smallest absolute Gasteiger partial charge is 0.261 e. The number of amides is 1. The molecule has 0 radical (unpaired) electrons. The lowest BCUT2D eigenvalue weighted by atomic mass is 10.1. The van der Waals surface area contributed by atoms with E-state index in [1.807, 2.05) is 49.4 Å². The molecule has 140 valence electrons. The van der Waals surface area contributed by atoms with Gasteiger partial charge in [0.15, 0.2) is 6.10 Å². The molecule has 0 fully saturated rings. The van der Waals surface area contributed by atoms with Crippen molar-refractivity contribution < 1.29 is 14.3 Å². The number of nitrogens with one attached hydrogen (secondary N) is 1. The molecule has 3 rings (SSSR count). The monoisotopic (exact) mass is 383 g/mol. The SMILES string of the molecule is CC[C@H](Oc1cccc(Cl)c1)C(=O)NCCOc1cccc2ccccc12. The van der Waals surface area contributed by atoms with Crippen molar-refractivity contribution in [2.24, 2.45) is 0 Å². The van der Waals surface area contributed by atoms with Crippen molar-refractivity contribution in [2.75, 3.05) is 13.2 Å². The fourth-order valence-corrected chi connectivity index (χ4v) is 2.98. The van der Waals surface area contributed by atoms with Gasteiger partial charge in [-0.25, -0.2) is 0 Å². The van der Waals surface area contributed by atoms with Gasteiger partial charge in [0.2, 0.25) is 0 Å². The van der Waals surface area contributed by atoms with Crippen molar-refractivity contribution in [1.29, 1.82) is 0 Å². The first-order chi connectivity index (χ1) is 13.2. The van der Waals surface area contributed by atoms with E-state index in [2.05, 4.69) is 5.32 Å². The number of rotatable bonds is 8. The zero-order chi connectivity index (χ0) is 19.1. The Labute approximate surface area is 164 Å². The second kappa shape index (κ2) is 9.28. The summed E-state index contributed by atoms with van der Waals surface area (Å²) in [6.07, 6.45) is -0.0104. The van der Waals surface area contributed by atoms with Crippen LogP contribution in [0.1, 0.15) is 13.3 Å². The molecular formula is C22H22ClNO3. The summed E-state index contributed by atoms with van der Waals surface area (Å²) in [5.41, 5.74) is 0. The highest BCUT2D eigenvalue weighted by molar-refractivity contribution is 6.30. The number of carbonyl (C=O) groups is 1. The molecule has 0 aliphatic heterocycles. The van der Waals surface area contributed by atoms with Crippen LogP contribution >= 0.6 is 11.6 Å². The average Bonchev–Trinajstić information content (AvgIpc) is 2.69. The third-order valence-corrected chi connectivity index (χ3v) is 4.38. The molecule has 0 saturated carbocycles. The Balaban J connectivity index is 1.51. The maximum absolute atomic E-state index is 12.4. The van der Waals surface area contributed by atoms with E-state index in [1.54, 1.807) is 24.3 Å². The highest BCUT2D eigenvalue weighted by Gasteiger charge is 2.18. The minimum absolute atomic E-state index is 0.168. The standard InChI is InChI=1S/C22H22ClNO3/c1-2-20(27-18-10-6-9-17(23)15-18)22(25)24-13-14-26-21-12-5-8-16-7-3-4-11-19(16)21/h3-12,15,20H,2,13-14H2,1H3,(H,24,25)/t20-/m0/s1. The quantitative estimate of drug-likeness (QED) is 0.566. The van der Waals surface area contributed by atoms with Gasteiger partial charge in [0.1, 0.15) is 18.1 Å². The van der Waals surface area contributed by atoms with Crippen LogP contribution in [-0.4, -0.2) is 25.2 Å². The molecule has 0 spiro atoms. The molecule has 0 bridgehead atoms. The van der Waals surface area contributed by atoms with Crippen molar-refractivity contribution >= 4 is 28.3 Å². The van der Waals surface area contributed by atoms with Gasteiger partial charge in [0, 0.05) is 10.4 Å². The predicted molar refractivity (Wildman–Crippen MR) is 109 cm³/mol. The number of hydrogen-bond acceptors (Lipinski definition) is 3. The van der Waals surface area contributed by atoms with Crippen LogP contribution in [0.15, 0.2) is 66.7 Å². The van der Waals surface area contributed by atoms with E-state index in [4.69, 9.17) is 21.1 Å². The van der Waals surface area contributed by atoms with Gasteiger partial charge in [-0.3, -0.25) is 4.79 Å². The number of ether oxygens (including phenoxy) is 2. The highest BCUT2D eigenvalue weighted by Crippen LogP contribution is 2.25. The van der Waals surface area contributed by atoms with Gasteiger partial charge in [-0.15, -0.1) is 0 Å². The molecule has 3 aromatic rings. The van der Waals surface area contributed by atoms with Gasteiger partial charge in [0.25, 0.3) is 5.91 Å². The van der Waals surface area contributed by atoms with Crippen LogP contribution < -0.4 is 14.8 Å². The lowest BCUT2D eigenvalue weighted by Gasteiger charge is -2.17. The lowest BCUT2D eigenvalue weighted by molar-refractivity contribution is -0.128. The van der Waals surface area contributed by atoms with Gasteiger partial charge in [-0.05, 0) is 36.1 Å². The Kier molecular flexibility index (Phi) is 6.55. The Bertz CT molecular complexity index is 907. The van der Waals surface area contributed by atoms with E-state index >= 15 is 0 Å². The molecule has 0 unspecified atom stereocenters. The average molecular weight is 384 g/mol. The number of carbonyl (C=O) groups excluding carboxylic acids is 1. The van der Waals surface area contributed by atoms with Gasteiger partial charge < -0.3 is 14.8 Å². The largest absolute Gasteiger partial charge is 0.491 e. The summed E-state index contributed by atoms with van der Waals surface area (Å²) < 4.78 is 11.6. The summed E-state index contributed by atoms with van der Waals surface area (Å²) in [6, 6.07) is 21.0. The second-order valence-electron chi connectivity index (χ2n) is 6.09. The number of benzene rings is 3. The van der Waals surface area contributed by atoms with Crippen molar-refractivity contribution in [2.45, 2.75) is 19.4 Å². The summed E-state index contributed by atoms with van der Waals surface area (Å²) in [5.74, 6) is 1.22. The van der Waals surface area contributed by atoms with Crippen LogP contribution in [0.2, 0.25) is 5.02 Å². The van der Waals surface area contributed by atoms with E-state index in [0.29, 0.717) is 30.3 Å². The Hall–Kier alpha value is -2.72. The first-order valence-electron chi connectivity index (χ1n) is 8.98. The molecular weight excluding hydrogens is 362 g/mol. The Morgan fingerprint density at radius 1 is 1.07 bits per heavy atom. The minimum Gasteiger partial charge on any atom is -0.491 e. The molecule has 0 aliphatic rings. The predicted octanol–water partition coefficient (Wildman–Crippen LogP) is 4.85. The van der Waals surface area contributed by atoms with Crippen LogP contribution in [0, 0.1) is 0 Å². The fraction of sp³-hybridized carbons (Fsp3) is 0.227. The number of fused-ring (bicyclic) bond motifs is 1. The topological polar surface area (TPSA) is 47.6 Å². The van der Waals surface area contributed by atoms with Crippen molar-refractivity contribution in [3.8, 4) is 11.5 Å². The molecule has 1 amide bonds. The molecule has 1 N–H and O–H groups in total. The molecule has 27 heavy (non-hydrogen) atoms. The molecule has 3 aromatic carbocycles. The van der Waals surface area contributed by atoms with Crippen LogP contribution in [0.4, 0.5) is 0 Å². The summed E-state index contributed by atoms with van der Waals surface area (Å²) in [5, 5.41) is 5.62. The van der Waals surface area contributed by atoms with E-state index < -0.39 is 6.10 Å². The molecule has 0 saturated heterocycles. The van der Waals surface area contributed by atoms with Crippen LogP contribution in [-0.2, 0) is 4.79 Å². The Morgan fingerprint density at radius 3 is 2.67 bits per heavy atom. The van der Waals surface area contributed by atoms with E-state index in [-0.39, 0.29) is 5.91 Å². The third-order valence-electron chi connectivity index (χ3n) is 4.15. The molecule has 1 atom stereocenters. The number of hydrogen-bond donors (Lipinski definition) is 1. The van der Waals surface area contributed by atoms with E-state index in [0.717, 1.165) is 16.5 Å². The zero-order valence-corrected chi connectivity index (χ0v) is 15.9. The minimum atomic E-state index is -0.568. The van der Waals surface area contributed by atoms with Crippen LogP contribution in [0.3, 0.4) is 0 Å². The summed E-state index contributed by atoms with van der Waals surface area (Å²) in [4.78, 5) is 12.4. The molecule has 0 aliphatic carbocycles. The molecule has 0 aromatic heterocycles. The highest BCUT2D eigenvalue weighted by atomic mass is 35.5. The maximum atomic E-state index is 12.4. The summed E-state index contributed by atoms with van der Waals surface area (Å²) in [7, 11) is 0. The molecule has 4 nitrogen and oxygen atoms in total. The fourth-order valence-electron chi connectivity index (χ4n) is 2.80. The van der Waals surface area contributed by atoms with Crippen LogP contribution in [0.25, 0.3) is 10.8 Å². The van der Waals surface area contributed by atoms with Gasteiger partial charge in [-0.1, -0.05) is 61.0 Å². The van der Waals surface area contributed by atoms with E-state index in [1.165, 1.54) is 0 Å². The lowest BCUT2D eigenvalue weighted by Crippen LogP contribution is -2.39.